The van der Waals surface area contributed by atoms with Gasteiger partial charge in [0.05, 0.1) is 0 Å². The zero-order chi connectivity index (χ0) is 10.0. The number of benzene rings is 1. The first-order chi connectivity index (χ1) is 6.02. The van der Waals surface area contributed by atoms with Crippen molar-refractivity contribution in [3.05, 3.63) is 35.9 Å². The van der Waals surface area contributed by atoms with Crippen LogP contribution in [0.15, 0.2) is 30.4 Å². The summed E-state index contributed by atoms with van der Waals surface area (Å²) in [7, 11) is 0. The van der Waals surface area contributed by atoms with Crippen molar-refractivity contribution in [1.29, 1.82) is 0 Å². The van der Waals surface area contributed by atoms with E-state index in [9.17, 15) is 5.11 Å². The SMILES string of the molecule is C=C(C)C(C)c1ccc(O)cc1O. The van der Waals surface area contributed by atoms with Crippen LogP contribution in [0.5, 0.6) is 11.5 Å². The number of hydrogen-bond donors (Lipinski definition) is 2. The van der Waals surface area contributed by atoms with Gasteiger partial charge in [-0.3, -0.25) is 0 Å². The molecular formula is C11H14O2. The minimum Gasteiger partial charge on any atom is -0.508 e. The van der Waals surface area contributed by atoms with E-state index in [2.05, 4.69) is 6.58 Å². The maximum Gasteiger partial charge on any atom is 0.123 e. The van der Waals surface area contributed by atoms with E-state index in [1.807, 2.05) is 13.8 Å². The van der Waals surface area contributed by atoms with Crippen LogP contribution in [0.25, 0.3) is 0 Å². The highest BCUT2D eigenvalue weighted by Gasteiger charge is 2.10. The van der Waals surface area contributed by atoms with Crippen molar-refractivity contribution in [2.75, 3.05) is 0 Å². The highest BCUT2D eigenvalue weighted by molar-refractivity contribution is 5.43. The summed E-state index contributed by atoms with van der Waals surface area (Å²) in [4.78, 5) is 0. The quantitative estimate of drug-likeness (QED) is 0.683. The van der Waals surface area contributed by atoms with Crippen molar-refractivity contribution in [3.8, 4) is 11.5 Å². The van der Waals surface area contributed by atoms with Gasteiger partial charge in [0, 0.05) is 17.5 Å². The van der Waals surface area contributed by atoms with Gasteiger partial charge >= 0.3 is 0 Å². The minimum atomic E-state index is 0.0789. The topological polar surface area (TPSA) is 40.5 Å². The molecule has 0 amide bonds. The number of aromatic hydroxyl groups is 2. The lowest BCUT2D eigenvalue weighted by molar-refractivity contribution is 0.444. The molecule has 70 valence electrons. The Bertz CT molecular complexity index is 329. The van der Waals surface area contributed by atoms with Crippen LogP contribution in [-0.2, 0) is 0 Å². The van der Waals surface area contributed by atoms with Gasteiger partial charge in [-0.2, -0.15) is 0 Å². The molecule has 0 fully saturated rings. The zero-order valence-corrected chi connectivity index (χ0v) is 7.91. The fourth-order valence-corrected chi connectivity index (χ4v) is 1.16. The summed E-state index contributed by atoms with van der Waals surface area (Å²) in [5.41, 5.74) is 1.78. The largest absolute Gasteiger partial charge is 0.508 e. The lowest BCUT2D eigenvalue weighted by Crippen LogP contribution is -1.94. The third kappa shape index (κ3) is 2.02. The maximum absolute atomic E-state index is 9.51. The van der Waals surface area contributed by atoms with Gasteiger partial charge in [-0.1, -0.05) is 25.1 Å². The molecular weight excluding hydrogens is 164 g/mol. The van der Waals surface area contributed by atoms with E-state index in [1.165, 1.54) is 6.07 Å². The highest BCUT2D eigenvalue weighted by Crippen LogP contribution is 2.32. The normalized spacial score (nSPS) is 12.5. The molecule has 1 atom stereocenters. The molecule has 1 rings (SSSR count). The number of hydrogen-bond acceptors (Lipinski definition) is 2. The van der Waals surface area contributed by atoms with Gasteiger partial charge in [0.25, 0.3) is 0 Å². The summed E-state index contributed by atoms with van der Waals surface area (Å²) in [6.45, 7) is 7.70. The average Bonchev–Trinajstić information content (AvgIpc) is 2.03. The fraction of sp³-hybridized carbons (Fsp3) is 0.273. The molecule has 2 nitrogen and oxygen atoms in total. The van der Waals surface area contributed by atoms with Gasteiger partial charge in [0.15, 0.2) is 0 Å². The second kappa shape index (κ2) is 3.52. The lowest BCUT2D eigenvalue weighted by atomic mass is 9.94. The molecule has 1 aromatic rings. The van der Waals surface area contributed by atoms with Crippen LogP contribution < -0.4 is 0 Å². The molecule has 2 heteroatoms. The molecule has 0 heterocycles. The summed E-state index contributed by atoms with van der Waals surface area (Å²) >= 11 is 0. The first kappa shape index (κ1) is 9.65. The summed E-state index contributed by atoms with van der Waals surface area (Å²) < 4.78 is 0. The molecule has 0 radical (unpaired) electrons. The van der Waals surface area contributed by atoms with E-state index < -0.39 is 0 Å². The van der Waals surface area contributed by atoms with Crippen molar-refractivity contribution in [2.24, 2.45) is 0 Å². The van der Waals surface area contributed by atoms with Crippen molar-refractivity contribution < 1.29 is 10.2 Å². The molecule has 0 aliphatic carbocycles. The van der Waals surface area contributed by atoms with E-state index in [1.54, 1.807) is 12.1 Å². The molecule has 0 saturated heterocycles. The average molecular weight is 178 g/mol. The summed E-state index contributed by atoms with van der Waals surface area (Å²) in [6.07, 6.45) is 0. The molecule has 0 saturated carbocycles. The lowest BCUT2D eigenvalue weighted by Gasteiger charge is -2.13. The second-order valence-corrected chi connectivity index (χ2v) is 3.31. The second-order valence-electron chi connectivity index (χ2n) is 3.31. The van der Waals surface area contributed by atoms with Crippen molar-refractivity contribution in [1.82, 2.24) is 0 Å². The number of rotatable bonds is 2. The third-order valence-corrected chi connectivity index (χ3v) is 2.22. The fourth-order valence-electron chi connectivity index (χ4n) is 1.16. The Hall–Kier alpha value is -1.44. The van der Waals surface area contributed by atoms with E-state index in [0.717, 1.165) is 11.1 Å². The van der Waals surface area contributed by atoms with Crippen molar-refractivity contribution in [3.63, 3.8) is 0 Å². The summed E-state index contributed by atoms with van der Waals surface area (Å²) in [5, 5.41) is 18.6. The van der Waals surface area contributed by atoms with Gasteiger partial charge in [0.1, 0.15) is 11.5 Å². The zero-order valence-electron chi connectivity index (χ0n) is 7.91. The standard InChI is InChI=1S/C11H14O2/c1-7(2)8(3)10-5-4-9(12)6-11(10)13/h4-6,8,12-13H,1H2,2-3H3. The van der Waals surface area contributed by atoms with Crippen LogP contribution in [0.1, 0.15) is 25.3 Å². The molecule has 0 bridgehead atoms. The Kier molecular flexibility index (Phi) is 2.61. The Morgan fingerprint density at radius 2 is 2.00 bits per heavy atom. The number of allylic oxidation sites excluding steroid dienone is 1. The van der Waals surface area contributed by atoms with Gasteiger partial charge in [-0.15, -0.1) is 0 Å². The monoisotopic (exact) mass is 178 g/mol. The van der Waals surface area contributed by atoms with E-state index in [4.69, 9.17) is 5.11 Å². The van der Waals surface area contributed by atoms with Gasteiger partial charge in [0.2, 0.25) is 0 Å². The molecule has 0 aliphatic rings. The molecule has 1 aromatic carbocycles. The molecule has 0 aliphatic heterocycles. The molecule has 1 unspecified atom stereocenters. The first-order valence-electron chi connectivity index (χ1n) is 4.19. The number of phenolic OH excluding ortho intramolecular Hbond substituents is 2. The Morgan fingerprint density at radius 1 is 1.38 bits per heavy atom. The van der Waals surface area contributed by atoms with Crippen LogP contribution in [0, 0.1) is 0 Å². The number of phenols is 2. The predicted molar refractivity (Wildman–Crippen MR) is 53.0 cm³/mol. The van der Waals surface area contributed by atoms with Crippen LogP contribution in [0.3, 0.4) is 0 Å². The van der Waals surface area contributed by atoms with Crippen LogP contribution in [-0.4, -0.2) is 10.2 Å². The Balaban J connectivity index is 3.08. The van der Waals surface area contributed by atoms with Gasteiger partial charge in [-0.05, 0) is 13.0 Å². The molecule has 0 aromatic heterocycles. The Labute approximate surface area is 78.2 Å². The molecule has 13 heavy (non-hydrogen) atoms. The van der Waals surface area contributed by atoms with Crippen molar-refractivity contribution in [2.45, 2.75) is 19.8 Å². The molecule has 2 N–H and O–H groups in total. The highest BCUT2D eigenvalue weighted by atomic mass is 16.3. The van der Waals surface area contributed by atoms with Crippen LogP contribution in [0.2, 0.25) is 0 Å². The molecule has 0 spiro atoms. The maximum atomic E-state index is 9.51. The van der Waals surface area contributed by atoms with Crippen LogP contribution in [0.4, 0.5) is 0 Å². The third-order valence-electron chi connectivity index (χ3n) is 2.22. The van der Waals surface area contributed by atoms with Gasteiger partial charge < -0.3 is 10.2 Å². The Morgan fingerprint density at radius 3 is 2.46 bits per heavy atom. The van der Waals surface area contributed by atoms with Gasteiger partial charge in [-0.25, -0.2) is 0 Å². The van der Waals surface area contributed by atoms with E-state index in [0.29, 0.717) is 0 Å². The minimum absolute atomic E-state index is 0.0789. The summed E-state index contributed by atoms with van der Waals surface area (Å²) in [6, 6.07) is 4.62. The first-order valence-corrected chi connectivity index (χ1v) is 4.19. The van der Waals surface area contributed by atoms with E-state index in [-0.39, 0.29) is 17.4 Å². The van der Waals surface area contributed by atoms with Crippen molar-refractivity contribution >= 4 is 0 Å². The van der Waals surface area contributed by atoms with E-state index >= 15 is 0 Å². The predicted octanol–water partition coefficient (Wildman–Crippen LogP) is 2.78. The smallest absolute Gasteiger partial charge is 0.123 e. The summed E-state index contributed by atoms with van der Waals surface area (Å²) in [5.74, 6) is 0.311. The van der Waals surface area contributed by atoms with Crippen LogP contribution >= 0.6 is 0 Å².